The summed E-state index contributed by atoms with van der Waals surface area (Å²) in [5, 5.41) is 3.42. The van der Waals surface area contributed by atoms with Crippen LogP contribution in [0.1, 0.15) is 49.7 Å². The molecule has 11 heteroatoms. The van der Waals surface area contributed by atoms with Crippen LogP contribution in [0.25, 0.3) is 0 Å². The number of carbonyl (C=O) groups excluding carboxylic acids is 2. The van der Waals surface area contributed by atoms with E-state index in [9.17, 15) is 22.4 Å². The van der Waals surface area contributed by atoms with Crippen molar-refractivity contribution < 1.29 is 27.1 Å². The van der Waals surface area contributed by atoms with Crippen LogP contribution in [-0.2, 0) is 32.6 Å². The third kappa shape index (κ3) is 9.19. The van der Waals surface area contributed by atoms with Crippen molar-refractivity contribution in [1.29, 1.82) is 0 Å². The molecule has 1 saturated carbocycles. The summed E-state index contributed by atoms with van der Waals surface area (Å²) < 4.78 is 45.5. The van der Waals surface area contributed by atoms with Crippen LogP contribution in [0.4, 0.5) is 10.1 Å². The minimum atomic E-state index is -3.70. The van der Waals surface area contributed by atoms with Crippen molar-refractivity contribution in [3.8, 4) is 5.75 Å². The predicted molar refractivity (Wildman–Crippen MR) is 171 cm³/mol. The van der Waals surface area contributed by atoms with Gasteiger partial charge in [0.15, 0.2) is 0 Å². The number of methoxy groups -OCH3 is 1. The summed E-state index contributed by atoms with van der Waals surface area (Å²) in [4.78, 5) is 29.3. The maximum atomic E-state index is 14.0. The van der Waals surface area contributed by atoms with Crippen LogP contribution in [0.3, 0.4) is 0 Å². The smallest absolute Gasteiger partial charge is 0.243 e. The fraction of sp³-hybridized carbons (Fsp3) is 0.394. The van der Waals surface area contributed by atoms with E-state index < -0.39 is 21.9 Å². The van der Waals surface area contributed by atoms with Crippen LogP contribution in [0, 0.1) is 5.82 Å². The highest BCUT2D eigenvalue weighted by molar-refractivity contribution is 7.92. The summed E-state index contributed by atoms with van der Waals surface area (Å²) in [7, 11) is -2.23. The molecule has 0 radical (unpaired) electrons. The largest absolute Gasteiger partial charge is 0.495 e. The zero-order valence-electron chi connectivity index (χ0n) is 25.0. The van der Waals surface area contributed by atoms with Crippen molar-refractivity contribution in [3.63, 3.8) is 0 Å². The van der Waals surface area contributed by atoms with Crippen molar-refractivity contribution >= 4 is 39.1 Å². The highest BCUT2D eigenvalue weighted by Gasteiger charge is 2.32. The van der Waals surface area contributed by atoms with Gasteiger partial charge in [0.1, 0.15) is 17.6 Å². The molecule has 0 spiro atoms. The molecule has 8 nitrogen and oxygen atoms in total. The fourth-order valence-electron chi connectivity index (χ4n) is 5.52. The number of hydrogen-bond acceptors (Lipinski definition) is 5. The molecule has 1 unspecified atom stereocenters. The third-order valence-corrected chi connectivity index (χ3v) is 9.30. The summed E-state index contributed by atoms with van der Waals surface area (Å²) in [6, 6.07) is 19.3. The van der Waals surface area contributed by atoms with Crippen LogP contribution in [0.15, 0.2) is 72.8 Å². The number of rotatable bonds is 14. The molecule has 1 aliphatic rings. The van der Waals surface area contributed by atoms with Crippen LogP contribution in [0.5, 0.6) is 5.75 Å². The molecule has 236 valence electrons. The number of sulfonamides is 1. The van der Waals surface area contributed by atoms with E-state index >= 15 is 0 Å². The van der Waals surface area contributed by atoms with Gasteiger partial charge in [0.05, 0.1) is 24.1 Å². The SMILES string of the molecule is COc1ccc(N(CCCC(=O)N(Cc2ccc(F)cc2)C(Cc2ccccc2)C(=O)NC2CCCC2)S(C)(=O)=O)cc1Cl. The molecular weight excluding hydrogens is 605 g/mol. The van der Waals surface area contributed by atoms with Gasteiger partial charge in [0.2, 0.25) is 21.8 Å². The first-order chi connectivity index (χ1) is 21.0. The Bertz CT molecular complexity index is 1520. The lowest BCUT2D eigenvalue weighted by atomic mass is 10.0. The van der Waals surface area contributed by atoms with E-state index in [-0.39, 0.29) is 48.8 Å². The molecule has 44 heavy (non-hydrogen) atoms. The van der Waals surface area contributed by atoms with Crippen molar-refractivity contribution in [2.45, 2.75) is 63.6 Å². The summed E-state index contributed by atoms with van der Waals surface area (Å²) >= 11 is 6.26. The fourth-order valence-corrected chi connectivity index (χ4v) is 6.73. The van der Waals surface area contributed by atoms with Crippen molar-refractivity contribution in [1.82, 2.24) is 10.2 Å². The average molecular weight is 644 g/mol. The standard InChI is InChI=1S/C33H39ClFN3O5S/c1-43-31-19-18-28(22-29(31)34)38(44(2,41)42)20-8-13-32(39)37(23-25-14-16-26(35)17-15-25)30(21-24-9-4-3-5-10-24)33(40)36-27-11-6-7-12-27/h3-5,9-10,14-19,22,27,30H,6-8,11-13,20-21,23H2,1-2H3,(H,36,40). The molecule has 1 N–H and O–H groups in total. The Morgan fingerprint density at radius 2 is 1.70 bits per heavy atom. The van der Waals surface area contributed by atoms with Gasteiger partial charge < -0.3 is 15.0 Å². The molecule has 1 atom stereocenters. The second kappa shape index (κ2) is 15.4. The number of carbonyl (C=O) groups is 2. The second-order valence-electron chi connectivity index (χ2n) is 11.1. The van der Waals surface area contributed by atoms with Gasteiger partial charge in [0, 0.05) is 32.0 Å². The maximum Gasteiger partial charge on any atom is 0.243 e. The molecule has 0 heterocycles. The zero-order valence-corrected chi connectivity index (χ0v) is 26.6. The van der Waals surface area contributed by atoms with Crippen molar-refractivity contribution in [2.24, 2.45) is 0 Å². The summed E-state index contributed by atoms with van der Waals surface area (Å²) in [5.41, 5.74) is 1.93. The summed E-state index contributed by atoms with van der Waals surface area (Å²) in [6.07, 6.45) is 5.45. The van der Waals surface area contributed by atoms with Gasteiger partial charge in [-0.2, -0.15) is 0 Å². The van der Waals surface area contributed by atoms with Gasteiger partial charge in [-0.05, 0) is 60.7 Å². The quantitative estimate of drug-likeness (QED) is 0.242. The molecule has 1 fully saturated rings. The van der Waals surface area contributed by atoms with E-state index in [0.717, 1.165) is 37.5 Å². The molecule has 0 bridgehead atoms. The predicted octanol–water partition coefficient (Wildman–Crippen LogP) is 5.73. The summed E-state index contributed by atoms with van der Waals surface area (Å²) in [5.74, 6) is -0.526. The van der Waals surface area contributed by atoms with E-state index in [2.05, 4.69) is 5.32 Å². The van der Waals surface area contributed by atoms with Crippen molar-refractivity contribution in [2.75, 3.05) is 24.2 Å². The number of amides is 2. The Kier molecular flexibility index (Phi) is 11.6. The number of benzene rings is 3. The van der Waals surface area contributed by atoms with Gasteiger partial charge in [-0.3, -0.25) is 13.9 Å². The maximum absolute atomic E-state index is 14.0. The Labute approximate surface area is 264 Å². The monoisotopic (exact) mass is 643 g/mol. The number of nitrogens with zero attached hydrogens (tertiary/aromatic N) is 2. The molecule has 3 aromatic rings. The van der Waals surface area contributed by atoms with Gasteiger partial charge in [-0.25, -0.2) is 12.8 Å². The number of ether oxygens (including phenoxy) is 1. The number of nitrogens with one attached hydrogen (secondary N) is 1. The number of anilines is 1. The lowest BCUT2D eigenvalue weighted by Gasteiger charge is -2.33. The number of hydrogen-bond donors (Lipinski definition) is 1. The van der Waals surface area contributed by atoms with Crippen LogP contribution < -0.4 is 14.4 Å². The van der Waals surface area contributed by atoms with Crippen LogP contribution >= 0.6 is 11.6 Å². The van der Waals surface area contributed by atoms with E-state index in [1.54, 1.807) is 29.2 Å². The lowest BCUT2D eigenvalue weighted by molar-refractivity contribution is -0.141. The van der Waals surface area contributed by atoms with Crippen LogP contribution in [-0.4, -0.2) is 57.1 Å². The molecule has 0 aliphatic heterocycles. The van der Waals surface area contributed by atoms with Crippen LogP contribution in [0.2, 0.25) is 5.02 Å². The normalized spacial score (nSPS) is 14.2. The highest BCUT2D eigenvalue weighted by atomic mass is 35.5. The molecule has 1 aliphatic carbocycles. The van der Waals surface area contributed by atoms with Gasteiger partial charge in [0.25, 0.3) is 0 Å². The molecule has 0 saturated heterocycles. The Morgan fingerprint density at radius 3 is 2.32 bits per heavy atom. The number of halogens is 2. The molecule has 2 amide bonds. The van der Waals surface area contributed by atoms with Gasteiger partial charge in [-0.15, -0.1) is 0 Å². The van der Waals surface area contributed by atoms with Crippen molar-refractivity contribution in [3.05, 3.63) is 94.8 Å². The first-order valence-corrected chi connectivity index (χ1v) is 17.0. The van der Waals surface area contributed by atoms with E-state index in [4.69, 9.17) is 16.3 Å². The van der Waals surface area contributed by atoms with Gasteiger partial charge >= 0.3 is 0 Å². The Hall–Kier alpha value is -3.63. The van der Waals surface area contributed by atoms with Gasteiger partial charge in [-0.1, -0.05) is 66.9 Å². The minimum absolute atomic E-state index is 0.0148. The Morgan fingerprint density at radius 1 is 1.02 bits per heavy atom. The topological polar surface area (TPSA) is 96.0 Å². The zero-order chi connectivity index (χ0) is 31.7. The molecule has 4 rings (SSSR count). The lowest BCUT2D eigenvalue weighted by Crippen LogP contribution is -2.52. The first-order valence-electron chi connectivity index (χ1n) is 14.7. The van der Waals surface area contributed by atoms with E-state index in [1.807, 2.05) is 30.3 Å². The second-order valence-corrected chi connectivity index (χ2v) is 13.4. The van der Waals surface area contributed by atoms with E-state index in [0.29, 0.717) is 23.4 Å². The average Bonchev–Trinajstić information content (AvgIpc) is 3.51. The molecule has 0 aromatic heterocycles. The summed E-state index contributed by atoms with van der Waals surface area (Å²) in [6.45, 7) is 0.119. The molecule has 3 aromatic carbocycles. The molecular formula is C33H39ClFN3O5S. The Balaban J connectivity index is 1.58. The third-order valence-electron chi connectivity index (χ3n) is 7.81. The van der Waals surface area contributed by atoms with E-state index in [1.165, 1.54) is 29.6 Å². The highest BCUT2D eigenvalue weighted by Crippen LogP contribution is 2.30. The minimum Gasteiger partial charge on any atom is -0.495 e. The first kappa shape index (κ1) is 33.3.